The number of aromatic amines is 1. The molecule has 0 aliphatic carbocycles. The standard InChI is InChI=1S/C50H82N8O7/c1-3-5-7-9-11-13-15-17-19-21-23-25-33-64-38-42(65-34-26-24-22-20-18-16-14-12-10-8-6-4-2)37-53-44(59)32-31-43(49(62)63)56-47(60)39-27-29-40(30-28-39)52-35-41-36-54-46-45(55-41)48(61)58-50(51)57-46/h27-30,36,42-43,52H,3-26,31-35,37-38H2,1-2H3,(H,53,59)(H,56,60)(H,62,63)(H3,51,54,57,58,61)/t42?,43-/m0/s1. The van der Waals surface area contributed by atoms with E-state index in [1.165, 1.54) is 135 Å². The number of carbonyl (C=O) groups is 3. The smallest absolute Gasteiger partial charge is 0.326 e. The number of hydrogen-bond donors (Lipinski definition) is 6. The zero-order valence-electron chi connectivity index (χ0n) is 39.8. The Kier molecular flexibility index (Phi) is 29.2. The number of carbonyl (C=O) groups excluding carboxylic acids is 2. The molecule has 15 nitrogen and oxygen atoms in total. The summed E-state index contributed by atoms with van der Waals surface area (Å²) < 4.78 is 12.2. The molecular weight excluding hydrogens is 825 g/mol. The van der Waals surface area contributed by atoms with Gasteiger partial charge in [-0.15, -0.1) is 0 Å². The van der Waals surface area contributed by atoms with Gasteiger partial charge >= 0.3 is 5.97 Å². The molecule has 0 saturated carbocycles. The maximum absolute atomic E-state index is 13.0. The van der Waals surface area contributed by atoms with E-state index in [1.54, 1.807) is 24.3 Å². The van der Waals surface area contributed by atoms with Crippen LogP contribution in [0.25, 0.3) is 11.2 Å². The molecule has 364 valence electrons. The molecule has 65 heavy (non-hydrogen) atoms. The van der Waals surface area contributed by atoms with E-state index in [1.807, 2.05) is 0 Å². The number of nitrogen functional groups attached to an aromatic ring is 1. The molecule has 3 rings (SSSR count). The number of H-pyrrole nitrogens is 1. The molecule has 0 saturated heterocycles. The molecule has 0 spiro atoms. The number of nitrogens with zero attached hydrogens (tertiary/aromatic N) is 3. The first-order valence-electron chi connectivity index (χ1n) is 25.0. The second-order valence-electron chi connectivity index (χ2n) is 17.5. The predicted octanol–water partition coefficient (Wildman–Crippen LogP) is 9.79. The van der Waals surface area contributed by atoms with E-state index >= 15 is 0 Å². The molecule has 3 aromatic rings. The first-order valence-corrected chi connectivity index (χ1v) is 25.0. The van der Waals surface area contributed by atoms with Gasteiger partial charge in [0.1, 0.15) is 6.04 Å². The number of amides is 2. The number of aromatic nitrogens is 4. The summed E-state index contributed by atoms with van der Waals surface area (Å²) in [6.45, 7) is 6.64. The number of nitrogens with two attached hydrogens (primary N) is 1. The Bertz CT molecular complexity index is 1810. The number of rotatable bonds is 40. The summed E-state index contributed by atoms with van der Waals surface area (Å²) in [5.41, 5.74) is 6.70. The molecule has 2 heterocycles. The van der Waals surface area contributed by atoms with E-state index in [9.17, 15) is 24.3 Å². The van der Waals surface area contributed by atoms with Crippen molar-refractivity contribution in [2.24, 2.45) is 0 Å². The first kappa shape index (κ1) is 54.7. The van der Waals surface area contributed by atoms with Crippen LogP contribution in [-0.4, -0.2) is 81.3 Å². The third-order valence-electron chi connectivity index (χ3n) is 11.7. The third kappa shape index (κ3) is 25.0. The monoisotopic (exact) mass is 907 g/mol. The van der Waals surface area contributed by atoms with Crippen molar-refractivity contribution < 1.29 is 29.0 Å². The summed E-state index contributed by atoms with van der Waals surface area (Å²) in [4.78, 5) is 65.1. The molecule has 0 aliphatic heterocycles. The molecule has 0 fully saturated rings. The number of ether oxygens (including phenoxy) is 2. The second-order valence-corrected chi connectivity index (χ2v) is 17.5. The molecule has 2 aromatic heterocycles. The number of carboxylic acid groups (broad SMARTS) is 1. The zero-order chi connectivity index (χ0) is 46.7. The SMILES string of the molecule is CCCCCCCCCCCCCCOCC(CNC(=O)CC[C@H](NC(=O)c1ccc(NCc2cnc3nc(N)[nH]c(=O)c3n2)cc1)C(=O)O)OCCCCCCCCCCCCCC. The Hall–Kier alpha value is -4.63. The Morgan fingerprint density at radius 3 is 1.83 bits per heavy atom. The summed E-state index contributed by atoms with van der Waals surface area (Å²) in [6, 6.07) is 5.19. The number of nitrogens with one attached hydrogen (secondary N) is 4. The number of fused-ring (bicyclic) bond motifs is 1. The second kappa shape index (κ2) is 34.7. The highest BCUT2D eigenvalue weighted by atomic mass is 16.5. The zero-order valence-corrected chi connectivity index (χ0v) is 39.8. The predicted molar refractivity (Wildman–Crippen MR) is 260 cm³/mol. The van der Waals surface area contributed by atoms with Crippen molar-refractivity contribution in [2.45, 2.75) is 199 Å². The molecule has 7 N–H and O–H groups in total. The van der Waals surface area contributed by atoms with E-state index in [2.05, 4.69) is 49.7 Å². The third-order valence-corrected chi connectivity index (χ3v) is 11.7. The van der Waals surface area contributed by atoms with Crippen LogP contribution in [0.4, 0.5) is 11.6 Å². The highest BCUT2D eigenvalue weighted by molar-refractivity contribution is 5.97. The molecule has 1 unspecified atom stereocenters. The molecule has 1 aromatic carbocycles. The van der Waals surface area contributed by atoms with Crippen molar-refractivity contribution in [2.75, 3.05) is 37.4 Å². The lowest BCUT2D eigenvalue weighted by atomic mass is 10.1. The minimum Gasteiger partial charge on any atom is -0.480 e. The van der Waals surface area contributed by atoms with Gasteiger partial charge < -0.3 is 36.3 Å². The minimum absolute atomic E-state index is 0.0437. The largest absolute Gasteiger partial charge is 0.480 e. The van der Waals surface area contributed by atoms with E-state index in [0.29, 0.717) is 31.2 Å². The van der Waals surface area contributed by atoms with E-state index < -0.39 is 23.5 Å². The summed E-state index contributed by atoms with van der Waals surface area (Å²) in [5, 5.41) is 18.5. The van der Waals surface area contributed by atoms with Gasteiger partial charge in [0.05, 0.1) is 31.1 Å². The summed E-state index contributed by atoms with van der Waals surface area (Å²) in [7, 11) is 0. The first-order chi connectivity index (χ1) is 31.7. The summed E-state index contributed by atoms with van der Waals surface area (Å²) in [5.74, 6) is -2.17. The van der Waals surface area contributed by atoms with Crippen molar-refractivity contribution in [1.29, 1.82) is 0 Å². The van der Waals surface area contributed by atoms with Crippen LogP contribution in [-0.2, 0) is 25.6 Å². The summed E-state index contributed by atoms with van der Waals surface area (Å²) >= 11 is 0. The van der Waals surface area contributed by atoms with Crippen molar-refractivity contribution >= 4 is 40.6 Å². The average molecular weight is 907 g/mol. The van der Waals surface area contributed by atoms with Crippen LogP contribution in [0.1, 0.15) is 197 Å². The van der Waals surface area contributed by atoms with Gasteiger partial charge in [-0.3, -0.25) is 19.4 Å². The Morgan fingerprint density at radius 1 is 0.738 bits per heavy atom. The van der Waals surface area contributed by atoms with Crippen LogP contribution >= 0.6 is 0 Å². The normalized spacial score (nSPS) is 12.3. The maximum atomic E-state index is 13.0. The van der Waals surface area contributed by atoms with Crippen LogP contribution in [0.3, 0.4) is 0 Å². The number of carboxylic acids is 1. The van der Waals surface area contributed by atoms with Gasteiger partial charge in [0.2, 0.25) is 11.9 Å². The van der Waals surface area contributed by atoms with E-state index in [-0.39, 0.29) is 60.6 Å². The Labute approximate surface area is 388 Å². The average Bonchev–Trinajstić information content (AvgIpc) is 3.30. The van der Waals surface area contributed by atoms with Crippen LogP contribution in [0.2, 0.25) is 0 Å². The maximum Gasteiger partial charge on any atom is 0.326 e. The molecule has 0 aliphatic rings. The Morgan fingerprint density at radius 2 is 1.28 bits per heavy atom. The summed E-state index contributed by atoms with van der Waals surface area (Å²) in [6.07, 6.45) is 31.6. The number of hydrogen-bond acceptors (Lipinski definition) is 11. The number of anilines is 2. The molecule has 15 heteroatoms. The van der Waals surface area contributed by atoms with Crippen LogP contribution in [0, 0.1) is 0 Å². The molecular formula is C50H82N8O7. The van der Waals surface area contributed by atoms with Crippen molar-refractivity contribution in [1.82, 2.24) is 30.6 Å². The molecule has 2 atom stereocenters. The number of aliphatic carboxylic acids is 1. The van der Waals surface area contributed by atoms with Gasteiger partial charge in [-0.05, 0) is 43.5 Å². The molecule has 0 radical (unpaired) electrons. The number of benzene rings is 1. The fourth-order valence-corrected chi connectivity index (χ4v) is 7.70. The van der Waals surface area contributed by atoms with Gasteiger partial charge in [-0.2, -0.15) is 4.98 Å². The fourth-order valence-electron chi connectivity index (χ4n) is 7.70. The highest BCUT2D eigenvalue weighted by Gasteiger charge is 2.22. The van der Waals surface area contributed by atoms with Crippen molar-refractivity contribution in [3.8, 4) is 0 Å². The van der Waals surface area contributed by atoms with Crippen LogP contribution in [0.15, 0.2) is 35.3 Å². The highest BCUT2D eigenvalue weighted by Crippen LogP contribution is 2.15. The van der Waals surface area contributed by atoms with Gasteiger partial charge in [-0.25, -0.2) is 14.8 Å². The van der Waals surface area contributed by atoms with Gasteiger partial charge in [0.15, 0.2) is 11.2 Å². The molecule has 2 amide bonds. The lowest BCUT2D eigenvalue weighted by Gasteiger charge is -2.19. The van der Waals surface area contributed by atoms with Gasteiger partial charge in [0, 0.05) is 37.4 Å². The van der Waals surface area contributed by atoms with Crippen LogP contribution < -0.4 is 27.2 Å². The molecule has 0 bridgehead atoms. The van der Waals surface area contributed by atoms with Crippen molar-refractivity contribution in [3.05, 3.63) is 52.1 Å². The van der Waals surface area contributed by atoms with Crippen molar-refractivity contribution in [3.63, 3.8) is 0 Å². The number of unbranched alkanes of at least 4 members (excludes halogenated alkanes) is 22. The quantitative estimate of drug-likeness (QED) is 0.0294. The van der Waals surface area contributed by atoms with E-state index in [0.717, 1.165) is 25.7 Å². The van der Waals surface area contributed by atoms with E-state index in [4.69, 9.17) is 15.2 Å². The fraction of sp³-hybridized carbons (Fsp3) is 0.700. The van der Waals surface area contributed by atoms with Gasteiger partial charge in [-0.1, -0.05) is 155 Å². The van der Waals surface area contributed by atoms with Crippen LogP contribution in [0.5, 0.6) is 0 Å². The topological polar surface area (TPSA) is 224 Å². The lowest BCUT2D eigenvalue weighted by molar-refractivity contribution is -0.139. The van der Waals surface area contributed by atoms with Gasteiger partial charge in [0.25, 0.3) is 11.5 Å². The lowest BCUT2D eigenvalue weighted by Crippen LogP contribution is -2.42. The minimum atomic E-state index is -1.26. The Balaban J connectivity index is 1.37.